The molecule has 0 fully saturated rings. The summed E-state index contributed by atoms with van der Waals surface area (Å²) in [6.07, 6.45) is 1.54. The van der Waals surface area contributed by atoms with Crippen LogP contribution >= 0.6 is 0 Å². The van der Waals surface area contributed by atoms with Crippen LogP contribution < -0.4 is 16.6 Å². The fourth-order valence-electron chi connectivity index (χ4n) is 2.19. The third-order valence-corrected chi connectivity index (χ3v) is 3.39. The molecule has 3 rings (SSSR count). The van der Waals surface area contributed by atoms with Crippen LogP contribution in [0.5, 0.6) is 0 Å². The smallest absolute Gasteiger partial charge is 0.265 e. The number of hydrogen-bond acceptors (Lipinski definition) is 4. The molecule has 0 unspecified atom stereocenters. The van der Waals surface area contributed by atoms with Gasteiger partial charge in [0.25, 0.3) is 11.8 Å². The van der Waals surface area contributed by atoms with Gasteiger partial charge in [-0.05, 0) is 36.4 Å². The summed E-state index contributed by atoms with van der Waals surface area (Å²) < 4.78 is 0. The molecule has 0 bridgehead atoms. The summed E-state index contributed by atoms with van der Waals surface area (Å²) in [5, 5.41) is 3.66. The van der Waals surface area contributed by atoms with E-state index >= 15 is 0 Å². The zero-order valence-corrected chi connectivity index (χ0v) is 12.1. The summed E-state index contributed by atoms with van der Waals surface area (Å²) in [6.45, 7) is 0. The third kappa shape index (κ3) is 3.17. The number of pyridine rings is 1. The molecule has 0 aliphatic heterocycles. The number of aromatic nitrogens is 1. The quantitative estimate of drug-likeness (QED) is 0.392. The minimum absolute atomic E-state index is 0.265. The van der Waals surface area contributed by atoms with Crippen molar-refractivity contribution in [2.24, 2.45) is 5.84 Å². The Balaban J connectivity index is 1.78. The standard InChI is InChI=1S/C17H14N4O2/c18-21-17(23)11-5-7-14(8-6-11)20-16(22)13-9-12-3-1-2-4-15(12)19-10-13/h1-10H,18H2,(H,20,22)(H,21,23). The number of nitrogens with zero attached hydrogens (tertiary/aromatic N) is 1. The van der Waals surface area contributed by atoms with Gasteiger partial charge in [0, 0.05) is 22.8 Å². The largest absolute Gasteiger partial charge is 0.322 e. The van der Waals surface area contributed by atoms with E-state index in [0.717, 1.165) is 10.9 Å². The van der Waals surface area contributed by atoms with Crippen LogP contribution in [0.15, 0.2) is 60.8 Å². The van der Waals surface area contributed by atoms with Gasteiger partial charge in [0.2, 0.25) is 0 Å². The van der Waals surface area contributed by atoms with Crippen LogP contribution in [0.1, 0.15) is 20.7 Å². The van der Waals surface area contributed by atoms with Crippen LogP contribution in [0.2, 0.25) is 0 Å². The molecule has 6 heteroatoms. The summed E-state index contributed by atoms with van der Waals surface area (Å²) >= 11 is 0. The molecular formula is C17H14N4O2. The Bertz CT molecular complexity index is 875. The van der Waals surface area contributed by atoms with Crippen molar-refractivity contribution in [1.82, 2.24) is 10.4 Å². The minimum Gasteiger partial charge on any atom is -0.322 e. The van der Waals surface area contributed by atoms with E-state index in [1.165, 1.54) is 6.20 Å². The van der Waals surface area contributed by atoms with Crippen LogP contribution in [-0.4, -0.2) is 16.8 Å². The van der Waals surface area contributed by atoms with Gasteiger partial charge >= 0.3 is 0 Å². The van der Waals surface area contributed by atoms with Crippen molar-refractivity contribution < 1.29 is 9.59 Å². The molecule has 114 valence electrons. The van der Waals surface area contributed by atoms with Crippen LogP contribution in [0.3, 0.4) is 0 Å². The normalized spacial score (nSPS) is 10.3. The number of hydrazine groups is 1. The molecule has 0 aliphatic rings. The van der Waals surface area contributed by atoms with E-state index in [0.29, 0.717) is 16.8 Å². The summed E-state index contributed by atoms with van der Waals surface area (Å²) in [4.78, 5) is 27.9. The molecule has 1 aromatic heterocycles. The number of nitrogens with one attached hydrogen (secondary N) is 2. The highest BCUT2D eigenvalue weighted by atomic mass is 16.2. The molecule has 0 atom stereocenters. The van der Waals surface area contributed by atoms with Gasteiger partial charge in [-0.1, -0.05) is 18.2 Å². The lowest BCUT2D eigenvalue weighted by molar-refractivity contribution is 0.0953. The molecule has 0 saturated carbocycles. The van der Waals surface area contributed by atoms with Crippen LogP contribution in [-0.2, 0) is 0 Å². The fraction of sp³-hybridized carbons (Fsp3) is 0. The molecule has 2 amide bonds. The summed E-state index contributed by atoms with van der Waals surface area (Å²) in [5.74, 6) is 4.42. The van der Waals surface area contributed by atoms with Crippen molar-refractivity contribution in [3.63, 3.8) is 0 Å². The van der Waals surface area contributed by atoms with Crippen molar-refractivity contribution in [3.05, 3.63) is 71.9 Å². The first-order chi connectivity index (χ1) is 11.2. The van der Waals surface area contributed by atoms with Crippen molar-refractivity contribution in [2.75, 3.05) is 5.32 Å². The molecule has 0 aliphatic carbocycles. The van der Waals surface area contributed by atoms with Crippen LogP contribution in [0, 0.1) is 0 Å². The maximum atomic E-state index is 12.3. The molecule has 23 heavy (non-hydrogen) atoms. The number of nitrogens with two attached hydrogens (primary N) is 1. The second-order valence-electron chi connectivity index (χ2n) is 4.92. The Hall–Kier alpha value is -3.25. The highest BCUT2D eigenvalue weighted by Gasteiger charge is 2.09. The number of nitrogen functional groups attached to an aromatic ring is 1. The molecule has 3 aromatic rings. The first kappa shape index (κ1) is 14.7. The zero-order chi connectivity index (χ0) is 16.2. The first-order valence-corrected chi connectivity index (χ1v) is 6.94. The molecule has 0 radical (unpaired) electrons. The van der Waals surface area contributed by atoms with Gasteiger partial charge in [-0.25, -0.2) is 5.84 Å². The van der Waals surface area contributed by atoms with Crippen molar-refractivity contribution in [1.29, 1.82) is 0 Å². The maximum absolute atomic E-state index is 12.3. The second-order valence-corrected chi connectivity index (χ2v) is 4.92. The van der Waals surface area contributed by atoms with Crippen LogP contribution in [0.25, 0.3) is 10.9 Å². The molecule has 1 heterocycles. The van der Waals surface area contributed by atoms with Crippen molar-refractivity contribution in [3.8, 4) is 0 Å². The molecular weight excluding hydrogens is 292 g/mol. The Morgan fingerprint density at radius 2 is 1.65 bits per heavy atom. The zero-order valence-electron chi connectivity index (χ0n) is 12.1. The maximum Gasteiger partial charge on any atom is 0.265 e. The molecule has 0 spiro atoms. The number of fused-ring (bicyclic) bond motifs is 1. The van der Waals surface area contributed by atoms with Gasteiger partial charge in [-0.15, -0.1) is 0 Å². The predicted octanol–water partition coefficient (Wildman–Crippen LogP) is 2.09. The van der Waals surface area contributed by atoms with Gasteiger partial charge in [-0.2, -0.15) is 0 Å². The fourth-order valence-corrected chi connectivity index (χ4v) is 2.19. The lowest BCUT2D eigenvalue weighted by atomic mass is 10.1. The predicted molar refractivity (Wildman–Crippen MR) is 87.8 cm³/mol. The van der Waals surface area contributed by atoms with Crippen molar-refractivity contribution >= 4 is 28.4 Å². The lowest BCUT2D eigenvalue weighted by Gasteiger charge is -2.07. The average Bonchev–Trinajstić information content (AvgIpc) is 2.61. The van der Waals surface area contributed by atoms with Crippen molar-refractivity contribution in [2.45, 2.75) is 0 Å². The van der Waals surface area contributed by atoms with E-state index in [1.54, 1.807) is 30.3 Å². The van der Waals surface area contributed by atoms with Gasteiger partial charge in [0.15, 0.2) is 0 Å². The number of carbonyl (C=O) groups excluding carboxylic acids is 2. The van der Waals surface area contributed by atoms with E-state index in [2.05, 4.69) is 10.3 Å². The molecule has 0 saturated heterocycles. The van der Waals surface area contributed by atoms with Gasteiger partial charge in [0.1, 0.15) is 0 Å². The second kappa shape index (κ2) is 6.25. The SMILES string of the molecule is NNC(=O)c1ccc(NC(=O)c2cnc3ccccc3c2)cc1. The number of anilines is 1. The summed E-state index contributed by atoms with van der Waals surface area (Å²) in [7, 11) is 0. The Morgan fingerprint density at radius 3 is 2.39 bits per heavy atom. The lowest BCUT2D eigenvalue weighted by Crippen LogP contribution is -2.29. The summed E-state index contributed by atoms with van der Waals surface area (Å²) in [5.41, 5.74) is 4.34. The summed E-state index contributed by atoms with van der Waals surface area (Å²) in [6, 6.07) is 15.8. The Morgan fingerprint density at radius 1 is 0.913 bits per heavy atom. The van der Waals surface area contributed by atoms with E-state index in [-0.39, 0.29) is 11.8 Å². The number of para-hydroxylation sites is 1. The topological polar surface area (TPSA) is 97.1 Å². The first-order valence-electron chi connectivity index (χ1n) is 6.94. The van der Waals surface area contributed by atoms with Gasteiger partial charge in [-0.3, -0.25) is 20.0 Å². The Labute approximate surface area is 132 Å². The highest BCUT2D eigenvalue weighted by molar-refractivity contribution is 6.06. The molecule has 2 aromatic carbocycles. The van der Waals surface area contributed by atoms with E-state index in [4.69, 9.17) is 5.84 Å². The average molecular weight is 306 g/mol. The minimum atomic E-state index is -0.387. The molecule has 4 N–H and O–H groups in total. The highest BCUT2D eigenvalue weighted by Crippen LogP contribution is 2.15. The number of carbonyl (C=O) groups is 2. The van der Waals surface area contributed by atoms with E-state index in [9.17, 15) is 9.59 Å². The molecule has 6 nitrogen and oxygen atoms in total. The van der Waals surface area contributed by atoms with E-state index < -0.39 is 0 Å². The number of rotatable bonds is 3. The van der Waals surface area contributed by atoms with Crippen LogP contribution in [0.4, 0.5) is 5.69 Å². The number of benzene rings is 2. The third-order valence-electron chi connectivity index (χ3n) is 3.39. The van der Waals surface area contributed by atoms with Gasteiger partial charge < -0.3 is 5.32 Å². The number of hydrogen-bond donors (Lipinski definition) is 3. The number of amides is 2. The monoisotopic (exact) mass is 306 g/mol. The Kier molecular flexibility index (Phi) is 3.99. The van der Waals surface area contributed by atoms with Gasteiger partial charge in [0.05, 0.1) is 11.1 Å². The van der Waals surface area contributed by atoms with E-state index in [1.807, 2.05) is 29.7 Å².